The highest BCUT2D eigenvalue weighted by Crippen LogP contribution is 2.37. The molecule has 2 aromatic carbocycles. The normalized spacial score (nSPS) is 16.1. The average molecular weight is 479 g/mol. The fourth-order valence-corrected chi connectivity index (χ4v) is 4.45. The fraction of sp³-hybridized carbons (Fsp3) is 0.346. The number of hydrogen-bond acceptors (Lipinski definition) is 6. The summed E-state index contributed by atoms with van der Waals surface area (Å²) < 4.78 is 16.4. The predicted octanol–water partition coefficient (Wildman–Crippen LogP) is 5.01. The van der Waals surface area contributed by atoms with Crippen LogP contribution in [0.2, 0.25) is 0 Å². The average Bonchev–Trinajstić information content (AvgIpc) is 3.35. The Morgan fingerprint density at radius 1 is 1.15 bits per heavy atom. The van der Waals surface area contributed by atoms with E-state index < -0.39 is 0 Å². The Labute approximate surface area is 205 Å². The summed E-state index contributed by atoms with van der Waals surface area (Å²) in [4.78, 5) is 6.85. The van der Waals surface area contributed by atoms with Crippen molar-refractivity contribution in [2.45, 2.75) is 32.7 Å². The molecule has 1 aliphatic rings. The van der Waals surface area contributed by atoms with Crippen molar-refractivity contribution in [2.75, 3.05) is 27.4 Å². The number of aromatic nitrogens is 2. The van der Waals surface area contributed by atoms with Crippen LogP contribution in [0.3, 0.4) is 0 Å². The van der Waals surface area contributed by atoms with Crippen molar-refractivity contribution < 1.29 is 14.0 Å². The number of nitrogens with zero attached hydrogens (tertiary/aromatic N) is 3. The number of ether oxygens (including phenoxy) is 2. The number of allylic oxidation sites excluding steroid dienone is 1. The van der Waals surface area contributed by atoms with Gasteiger partial charge in [0.15, 0.2) is 5.11 Å². The maximum atomic E-state index is 5.81. The Morgan fingerprint density at radius 3 is 2.65 bits per heavy atom. The lowest BCUT2D eigenvalue weighted by molar-refractivity contribution is 0.188. The van der Waals surface area contributed by atoms with Gasteiger partial charge in [-0.05, 0) is 55.2 Å². The molecule has 34 heavy (non-hydrogen) atoms. The number of benzene rings is 2. The zero-order valence-corrected chi connectivity index (χ0v) is 20.8. The Bertz CT molecular complexity index is 1170. The van der Waals surface area contributed by atoms with E-state index in [1.165, 1.54) is 5.56 Å². The molecular weight excluding hydrogens is 448 g/mol. The molecule has 178 valence electrons. The van der Waals surface area contributed by atoms with E-state index in [1.807, 2.05) is 24.3 Å². The molecule has 1 aromatic heterocycles. The maximum Gasteiger partial charge on any atom is 0.258 e. The second-order valence-corrected chi connectivity index (χ2v) is 8.52. The third kappa shape index (κ3) is 4.98. The predicted molar refractivity (Wildman–Crippen MR) is 136 cm³/mol. The van der Waals surface area contributed by atoms with Crippen LogP contribution in [0.5, 0.6) is 5.75 Å². The molecule has 0 saturated carbocycles. The van der Waals surface area contributed by atoms with Crippen molar-refractivity contribution in [1.82, 2.24) is 20.4 Å². The van der Waals surface area contributed by atoms with Crippen molar-refractivity contribution in [2.24, 2.45) is 0 Å². The summed E-state index contributed by atoms with van der Waals surface area (Å²) >= 11 is 5.75. The molecule has 8 heteroatoms. The van der Waals surface area contributed by atoms with Gasteiger partial charge < -0.3 is 24.2 Å². The summed E-state index contributed by atoms with van der Waals surface area (Å²) in [6.45, 7) is 5.59. The summed E-state index contributed by atoms with van der Waals surface area (Å²) in [5.74, 6) is 1.71. The van der Waals surface area contributed by atoms with E-state index in [9.17, 15) is 0 Å². The first-order chi connectivity index (χ1) is 16.5. The number of hydrogen-bond donors (Lipinski definition) is 1. The molecule has 2 heterocycles. The van der Waals surface area contributed by atoms with E-state index >= 15 is 0 Å². The van der Waals surface area contributed by atoms with Gasteiger partial charge in [0, 0.05) is 31.5 Å². The summed E-state index contributed by atoms with van der Waals surface area (Å²) in [7, 11) is 3.34. The number of thiocarbonyl (C=S) groups is 1. The Balaban J connectivity index is 1.76. The van der Waals surface area contributed by atoms with Crippen LogP contribution in [0.25, 0.3) is 17.0 Å². The standard InChI is InChI=1S/C26H30N4O3S/c1-5-18-10-12-19(13-11-18)23-22(17(2)30(26(34)27-23)14-7-15-31-3)25-28-24(29-33-25)20-8-6-9-21(16-20)32-4/h6,8-13,16,23H,5,7,14-15H2,1-4H3,(H,27,34). The molecule has 0 bridgehead atoms. The highest BCUT2D eigenvalue weighted by Gasteiger charge is 2.33. The smallest absolute Gasteiger partial charge is 0.258 e. The van der Waals surface area contributed by atoms with Gasteiger partial charge in [-0.1, -0.05) is 48.5 Å². The van der Waals surface area contributed by atoms with Gasteiger partial charge in [-0.15, -0.1) is 0 Å². The third-order valence-electron chi connectivity index (χ3n) is 6.03. The van der Waals surface area contributed by atoms with Crippen molar-refractivity contribution in [3.63, 3.8) is 0 Å². The van der Waals surface area contributed by atoms with Gasteiger partial charge in [-0.2, -0.15) is 4.98 Å². The van der Waals surface area contributed by atoms with Gasteiger partial charge in [0.1, 0.15) is 5.75 Å². The van der Waals surface area contributed by atoms with E-state index in [-0.39, 0.29) is 6.04 Å². The molecule has 0 fully saturated rings. The van der Waals surface area contributed by atoms with Crippen molar-refractivity contribution in [3.05, 3.63) is 71.2 Å². The van der Waals surface area contributed by atoms with Crippen LogP contribution in [-0.4, -0.2) is 47.5 Å². The monoisotopic (exact) mass is 478 g/mol. The summed E-state index contributed by atoms with van der Waals surface area (Å²) in [6, 6.07) is 16.0. The van der Waals surface area contributed by atoms with E-state index in [4.69, 9.17) is 31.2 Å². The summed E-state index contributed by atoms with van der Waals surface area (Å²) in [5.41, 5.74) is 5.10. The number of nitrogens with one attached hydrogen (secondary N) is 1. The van der Waals surface area contributed by atoms with Crippen LogP contribution in [0.15, 0.2) is 58.8 Å². The molecule has 0 aliphatic carbocycles. The first-order valence-corrected chi connectivity index (χ1v) is 11.8. The topological polar surface area (TPSA) is 72.7 Å². The van der Waals surface area contributed by atoms with Crippen LogP contribution in [-0.2, 0) is 11.2 Å². The van der Waals surface area contributed by atoms with Crippen LogP contribution < -0.4 is 10.1 Å². The van der Waals surface area contributed by atoms with Crippen molar-refractivity contribution in [1.29, 1.82) is 0 Å². The molecule has 0 saturated heterocycles. The maximum absolute atomic E-state index is 5.81. The van der Waals surface area contributed by atoms with Gasteiger partial charge in [0.25, 0.3) is 5.89 Å². The Kier molecular flexibility index (Phi) is 7.59. The molecule has 0 radical (unpaired) electrons. The molecule has 3 aromatic rings. The van der Waals surface area contributed by atoms with Crippen molar-refractivity contribution in [3.8, 4) is 17.1 Å². The van der Waals surface area contributed by atoms with Crippen LogP contribution >= 0.6 is 12.2 Å². The first kappa shape index (κ1) is 23.9. The van der Waals surface area contributed by atoms with E-state index in [2.05, 4.69) is 53.5 Å². The van der Waals surface area contributed by atoms with Gasteiger partial charge in [-0.25, -0.2) is 0 Å². The largest absolute Gasteiger partial charge is 0.497 e. The van der Waals surface area contributed by atoms with Gasteiger partial charge >= 0.3 is 0 Å². The number of aryl methyl sites for hydroxylation is 1. The highest BCUT2D eigenvalue weighted by molar-refractivity contribution is 7.80. The minimum absolute atomic E-state index is 0.198. The fourth-order valence-electron chi connectivity index (χ4n) is 4.10. The van der Waals surface area contributed by atoms with Crippen LogP contribution in [0, 0.1) is 0 Å². The van der Waals surface area contributed by atoms with E-state index in [0.29, 0.717) is 23.4 Å². The number of rotatable bonds is 9. The molecule has 0 spiro atoms. The first-order valence-electron chi connectivity index (χ1n) is 11.4. The molecule has 7 nitrogen and oxygen atoms in total. The van der Waals surface area contributed by atoms with Crippen LogP contribution in [0.4, 0.5) is 0 Å². The molecule has 1 unspecified atom stereocenters. The van der Waals surface area contributed by atoms with Crippen molar-refractivity contribution >= 4 is 22.9 Å². The second kappa shape index (κ2) is 10.8. The summed E-state index contributed by atoms with van der Waals surface area (Å²) in [6.07, 6.45) is 1.83. The molecule has 1 aliphatic heterocycles. The lowest BCUT2D eigenvalue weighted by Gasteiger charge is -2.37. The molecule has 1 atom stereocenters. The third-order valence-corrected chi connectivity index (χ3v) is 6.37. The van der Waals surface area contributed by atoms with Gasteiger partial charge in [0.2, 0.25) is 5.82 Å². The quantitative estimate of drug-likeness (QED) is 0.340. The number of methoxy groups -OCH3 is 2. The lowest BCUT2D eigenvalue weighted by Crippen LogP contribution is -2.46. The van der Waals surface area contributed by atoms with Gasteiger partial charge in [-0.3, -0.25) is 0 Å². The second-order valence-electron chi connectivity index (χ2n) is 8.13. The molecule has 0 amide bonds. The minimum atomic E-state index is -0.198. The van der Waals surface area contributed by atoms with Crippen LogP contribution in [0.1, 0.15) is 43.3 Å². The van der Waals surface area contributed by atoms with E-state index in [0.717, 1.165) is 47.5 Å². The molecular formula is C26H30N4O3S. The highest BCUT2D eigenvalue weighted by atomic mass is 32.1. The van der Waals surface area contributed by atoms with E-state index in [1.54, 1.807) is 14.2 Å². The summed E-state index contributed by atoms with van der Waals surface area (Å²) in [5, 5.41) is 8.45. The SMILES string of the molecule is CCc1ccc(C2NC(=S)N(CCCOC)C(C)=C2c2nc(-c3cccc(OC)c3)no2)cc1. The Hall–Kier alpha value is -3.23. The Morgan fingerprint density at radius 2 is 1.94 bits per heavy atom. The van der Waals surface area contributed by atoms with Gasteiger partial charge in [0.05, 0.1) is 18.7 Å². The lowest BCUT2D eigenvalue weighted by atomic mass is 9.94. The zero-order valence-electron chi connectivity index (χ0n) is 20.0. The molecule has 1 N–H and O–H groups in total. The minimum Gasteiger partial charge on any atom is -0.497 e. The molecule has 4 rings (SSSR count). The zero-order chi connectivity index (χ0) is 24.1.